The molecule has 0 unspecified atom stereocenters. The molecule has 1 aromatic heterocycles. The standard InChI is InChI=1S/C22H19ClN4O/c1-16-20(22(23)27(26-16)15-18-5-3-2-4-6-18)11-12-21(28)25-19-9-7-17(8-10-19)13-14-24/h2-12H,13,15H2,1H3,(H,25,28)/b12-11+. The molecule has 0 aliphatic carbocycles. The Morgan fingerprint density at radius 1 is 1.18 bits per heavy atom. The van der Waals surface area contributed by atoms with Crippen molar-refractivity contribution in [3.05, 3.63) is 88.2 Å². The van der Waals surface area contributed by atoms with Crippen molar-refractivity contribution in [3.63, 3.8) is 0 Å². The maximum absolute atomic E-state index is 12.2. The fraction of sp³-hybridized carbons (Fsp3) is 0.136. The predicted octanol–water partition coefficient (Wildman–Crippen LogP) is 4.61. The first-order valence-corrected chi connectivity index (χ1v) is 9.16. The zero-order valence-electron chi connectivity index (χ0n) is 15.4. The van der Waals surface area contributed by atoms with Gasteiger partial charge in [0.15, 0.2) is 0 Å². The molecular formula is C22H19ClN4O. The van der Waals surface area contributed by atoms with Crippen molar-refractivity contribution in [2.24, 2.45) is 0 Å². The van der Waals surface area contributed by atoms with E-state index in [2.05, 4.69) is 16.5 Å². The predicted molar refractivity (Wildman–Crippen MR) is 111 cm³/mol. The summed E-state index contributed by atoms with van der Waals surface area (Å²) in [5.74, 6) is -0.265. The number of amides is 1. The number of hydrogen-bond donors (Lipinski definition) is 1. The smallest absolute Gasteiger partial charge is 0.248 e. The van der Waals surface area contributed by atoms with Crippen LogP contribution in [0.15, 0.2) is 60.7 Å². The number of nitrogens with one attached hydrogen (secondary N) is 1. The molecule has 3 rings (SSSR count). The molecule has 5 nitrogen and oxygen atoms in total. The van der Waals surface area contributed by atoms with Crippen molar-refractivity contribution in [1.29, 1.82) is 5.26 Å². The number of nitriles is 1. The third-order valence-corrected chi connectivity index (χ3v) is 4.59. The lowest BCUT2D eigenvalue weighted by atomic mass is 10.1. The second kappa shape index (κ2) is 9.03. The van der Waals surface area contributed by atoms with E-state index in [1.54, 1.807) is 22.9 Å². The number of hydrogen-bond acceptors (Lipinski definition) is 3. The third kappa shape index (κ3) is 4.87. The van der Waals surface area contributed by atoms with Crippen LogP contribution in [0.25, 0.3) is 6.08 Å². The summed E-state index contributed by atoms with van der Waals surface area (Å²) in [4.78, 5) is 12.2. The van der Waals surface area contributed by atoms with Crippen molar-refractivity contribution in [3.8, 4) is 6.07 Å². The highest BCUT2D eigenvalue weighted by Crippen LogP contribution is 2.22. The first kappa shape index (κ1) is 19.4. The zero-order valence-corrected chi connectivity index (χ0v) is 16.1. The molecule has 0 bridgehead atoms. The summed E-state index contributed by atoms with van der Waals surface area (Å²) < 4.78 is 1.72. The molecule has 28 heavy (non-hydrogen) atoms. The van der Waals surface area contributed by atoms with E-state index in [1.165, 1.54) is 6.08 Å². The van der Waals surface area contributed by atoms with Gasteiger partial charge in [0, 0.05) is 17.3 Å². The second-order valence-electron chi connectivity index (χ2n) is 6.29. The normalized spacial score (nSPS) is 10.8. The van der Waals surface area contributed by atoms with Gasteiger partial charge in [0.1, 0.15) is 5.15 Å². The minimum absolute atomic E-state index is 0.265. The molecule has 1 amide bonds. The van der Waals surface area contributed by atoms with Crippen molar-refractivity contribution in [2.45, 2.75) is 19.9 Å². The Bertz CT molecular complexity index is 1030. The van der Waals surface area contributed by atoms with E-state index in [0.29, 0.717) is 23.8 Å². The van der Waals surface area contributed by atoms with Crippen molar-refractivity contribution >= 4 is 29.3 Å². The first-order valence-electron chi connectivity index (χ1n) is 8.78. The Balaban J connectivity index is 1.68. The summed E-state index contributed by atoms with van der Waals surface area (Å²) in [6.07, 6.45) is 3.45. The van der Waals surface area contributed by atoms with Crippen LogP contribution in [0.2, 0.25) is 5.15 Å². The fourth-order valence-electron chi connectivity index (χ4n) is 2.76. The fourth-order valence-corrected chi connectivity index (χ4v) is 3.06. The van der Waals surface area contributed by atoms with Crippen LogP contribution in [-0.4, -0.2) is 15.7 Å². The number of aryl methyl sites for hydroxylation is 1. The van der Waals surface area contributed by atoms with E-state index >= 15 is 0 Å². The molecule has 0 radical (unpaired) electrons. The lowest BCUT2D eigenvalue weighted by Gasteiger charge is -2.03. The van der Waals surface area contributed by atoms with Crippen LogP contribution in [0.5, 0.6) is 0 Å². The maximum Gasteiger partial charge on any atom is 0.248 e. The molecule has 2 aromatic carbocycles. The first-order chi connectivity index (χ1) is 13.6. The number of nitrogens with zero attached hydrogens (tertiary/aromatic N) is 3. The quantitative estimate of drug-likeness (QED) is 0.624. The average Bonchev–Trinajstić information content (AvgIpc) is 2.95. The van der Waals surface area contributed by atoms with Crippen LogP contribution in [0.1, 0.15) is 22.4 Å². The Morgan fingerprint density at radius 2 is 1.89 bits per heavy atom. The van der Waals surface area contributed by atoms with Crippen molar-refractivity contribution in [1.82, 2.24) is 9.78 Å². The van der Waals surface area contributed by atoms with Gasteiger partial charge >= 0.3 is 0 Å². The summed E-state index contributed by atoms with van der Waals surface area (Å²) in [5.41, 5.74) is 4.14. The molecule has 6 heteroatoms. The average molecular weight is 391 g/mol. The van der Waals surface area contributed by atoms with Crippen LogP contribution in [0.4, 0.5) is 5.69 Å². The highest BCUT2D eigenvalue weighted by atomic mass is 35.5. The van der Waals surface area contributed by atoms with Gasteiger partial charge in [0.25, 0.3) is 0 Å². The van der Waals surface area contributed by atoms with Gasteiger partial charge in [-0.05, 0) is 36.3 Å². The number of carbonyl (C=O) groups is 1. The Morgan fingerprint density at radius 3 is 2.57 bits per heavy atom. The van der Waals surface area contributed by atoms with Crippen LogP contribution in [0.3, 0.4) is 0 Å². The largest absolute Gasteiger partial charge is 0.323 e. The van der Waals surface area contributed by atoms with E-state index < -0.39 is 0 Å². The molecule has 3 aromatic rings. The lowest BCUT2D eigenvalue weighted by Crippen LogP contribution is -2.07. The molecule has 1 heterocycles. The van der Waals surface area contributed by atoms with Crippen molar-refractivity contribution < 1.29 is 4.79 Å². The zero-order chi connectivity index (χ0) is 19.9. The Hall–Kier alpha value is -3.36. The highest BCUT2D eigenvalue weighted by Gasteiger charge is 2.11. The molecular weight excluding hydrogens is 372 g/mol. The van der Waals surface area contributed by atoms with Gasteiger partial charge in [0.05, 0.1) is 24.7 Å². The van der Waals surface area contributed by atoms with Crippen LogP contribution in [0, 0.1) is 18.3 Å². The molecule has 0 atom stereocenters. The Kier molecular flexibility index (Phi) is 6.25. The topological polar surface area (TPSA) is 70.7 Å². The molecule has 0 aliphatic heterocycles. The van der Waals surface area contributed by atoms with Gasteiger partial charge in [-0.2, -0.15) is 10.4 Å². The number of anilines is 1. The highest BCUT2D eigenvalue weighted by molar-refractivity contribution is 6.31. The van der Waals surface area contributed by atoms with Crippen molar-refractivity contribution in [2.75, 3.05) is 5.32 Å². The van der Waals surface area contributed by atoms with E-state index in [9.17, 15) is 4.79 Å². The SMILES string of the molecule is Cc1nn(Cc2ccccc2)c(Cl)c1/C=C/C(=O)Nc1ccc(CC#N)cc1. The summed E-state index contributed by atoms with van der Waals surface area (Å²) >= 11 is 6.46. The van der Waals surface area contributed by atoms with E-state index in [0.717, 1.165) is 22.4 Å². The molecule has 0 fully saturated rings. The molecule has 0 saturated heterocycles. The number of aromatic nitrogens is 2. The van der Waals surface area contributed by atoms with E-state index in [1.807, 2.05) is 49.4 Å². The van der Waals surface area contributed by atoms with Gasteiger partial charge in [-0.15, -0.1) is 0 Å². The summed E-state index contributed by atoms with van der Waals surface area (Å²) in [5, 5.41) is 16.4. The van der Waals surface area contributed by atoms with Gasteiger partial charge < -0.3 is 5.32 Å². The number of rotatable bonds is 6. The van der Waals surface area contributed by atoms with Crippen LogP contribution < -0.4 is 5.32 Å². The molecule has 0 saturated carbocycles. The molecule has 140 valence electrons. The lowest BCUT2D eigenvalue weighted by molar-refractivity contribution is -0.111. The molecule has 0 spiro atoms. The van der Waals surface area contributed by atoms with Gasteiger partial charge in [-0.3, -0.25) is 4.79 Å². The minimum atomic E-state index is -0.265. The molecule has 0 aliphatic rings. The maximum atomic E-state index is 12.2. The monoisotopic (exact) mass is 390 g/mol. The van der Waals surface area contributed by atoms with Gasteiger partial charge in [-0.25, -0.2) is 4.68 Å². The van der Waals surface area contributed by atoms with E-state index in [-0.39, 0.29) is 5.91 Å². The van der Waals surface area contributed by atoms with E-state index in [4.69, 9.17) is 16.9 Å². The van der Waals surface area contributed by atoms with Gasteiger partial charge in [0.2, 0.25) is 5.91 Å². The number of benzene rings is 2. The third-order valence-electron chi connectivity index (χ3n) is 4.19. The molecule has 1 N–H and O–H groups in total. The minimum Gasteiger partial charge on any atom is -0.323 e. The summed E-state index contributed by atoms with van der Waals surface area (Å²) in [7, 11) is 0. The van der Waals surface area contributed by atoms with Crippen LogP contribution in [-0.2, 0) is 17.8 Å². The number of halogens is 1. The second-order valence-corrected chi connectivity index (χ2v) is 6.65. The van der Waals surface area contributed by atoms with Crippen LogP contribution >= 0.6 is 11.6 Å². The number of carbonyl (C=O) groups excluding carboxylic acids is 1. The van der Waals surface area contributed by atoms with Gasteiger partial charge in [-0.1, -0.05) is 54.1 Å². The summed E-state index contributed by atoms with van der Waals surface area (Å²) in [6.45, 7) is 2.43. The summed E-state index contributed by atoms with van der Waals surface area (Å²) in [6, 6.07) is 19.2. The Labute approximate surface area is 168 Å².